The van der Waals surface area contributed by atoms with Crippen molar-refractivity contribution in [1.82, 2.24) is 9.97 Å². The highest BCUT2D eigenvalue weighted by atomic mass is 79.9. The van der Waals surface area contributed by atoms with Crippen LogP contribution in [0.25, 0.3) is 11.0 Å². The first-order valence-corrected chi connectivity index (χ1v) is 5.52. The topological polar surface area (TPSA) is 45.8 Å². The second-order valence-electron chi connectivity index (χ2n) is 2.92. The highest BCUT2D eigenvalue weighted by Crippen LogP contribution is 2.18. The Labute approximate surface area is 96.8 Å². The van der Waals surface area contributed by atoms with Crippen molar-refractivity contribution in [1.29, 1.82) is 0 Å². The van der Waals surface area contributed by atoms with Crippen LogP contribution in [-0.2, 0) is 0 Å². The molecule has 2 rings (SSSR count). The molecule has 0 atom stereocenters. The Morgan fingerprint density at radius 3 is 2.79 bits per heavy atom. The summed E-state index contributed by atoms with van der Waals surface area (Å²) in [5.41, 5.74) is 1.42. The molecular weight excluding hydrogens is 312 g/mol. The predicted octanol–water partition coefficient (Wildman–Crippen LogP) is 2.76. The van der Waals surface area contributed by atoms with Gasteiger partial charge in [-0.25, -0.2) is 4.98 Å². The predicted molar refractivity (Wildman–Crippen MR) is 62.5 cm³/mol. The molecule has 0 saturated carbocycles. The first-order valence-electron chi connectivity index (χ1n) is 3.93. The summed E-state index contributed by atoms with van der Waals surface area (Å²) in [7, 11) is 0. The third kappa shape index (κ3) is 1.50. The van der Waals surface area contributed by atoms with E-state index >= 15 is 0 Å². The van der Waals surface area contributed by atoms with E-state index in [0.717, 1.165) is 10.2 Å². The number of halogens is 2. The van der Waals surface area contributed by atoms with Crippen LogP contribution in [0.5, 0.6) is 0 Å². The number of nitrogens with one attached hydrogen (secondary N) is 1. The van der Waals surface area contributed by atoms with Gasteiger partial charge in [-0.3, -0.25) is 4.79 Å². The van der Waals surface area contributed by atoms with Gasteiger partial charge in [-0.15, -0.1) is 0 Å². The van der Waals surface area contributed by atoms with Gasteiger partial charge in [0.15, 0.2) is 0 Å². The van der Waals surface area contributed by atoms with E-state index in [0.29, 0.717) is 15.5 Å². The molecule has 0 saturated heterocycles. The molecule has 0 amide bonds. The van der Waals surface area contributed by atoms with Crippen LogP contribution < -0.4 is 5.43 Å². The van der Waals surface area contributed by atoms with Gasteiger partial charge in [-0.1, -0.05) is 0 Å². The van der Waals surface area contributed by atoms with E-state index in [1.807, 2.05) is 6.92 Å². The molecule has 0 radical (unpaired) electrons. The highest BCUT2D eigenvalue weighted by molar-refractivity contribution is 9.10. The SMILES string of the molecule is Cc1nc2[nH]cc(Br)c(=O)c2cc1Br. The van der Waals surface area contributed by atoms with Crippen LogP contribution >= 0.6 is 31.9 Å². The fraction of sp³-hybridized carbons (Fsp3) is 0.111. The largest absolute Gasteiger partial charge is 0.345 e. The molecule has 0 bridgehead atoms. The summed E-state index contributed by atoms with van der Waals surface area (Å²) in [4.78, 5) is 18.9. The Balaban J connectivity index is 2.97. The fourth-order valence-corrected chi connectivity index (χ4v) is 1.84. The third-order valence-electron chi connectivity index (χ3n) is 1.95. The second-order valence-corrected chi connectivity index (χ2v) is 4.63. The molecule has 1 N–H and O–H groups in total. The minimum absolute atomic E-state index is 0.0491. The maximum atomic E-state index is 11.7. The number of fused-ring (bicyclic) bond motifs is 1. The summed E-state index contributed by atoms with van der Waals surface area (Å²) in [5.74, 6) is 0. The molecule has 0 aliphatic heterocycles. The Morgan fingerprint density at radius 1 is 1.36 bits per heavy atom. The molecule has 14 heavy (non-hydrogen) atoms. The van der Waals surface area contributed by atoms with Gasteiger partial charge in [0, 0.05) is 10.7 Å². The Bertz CT molecular complexity index is 562. The van der Waals surface area contributed by atoms with Gasteiger partial charge in [-0.05, 0) is 44.8 Å². The second kappa shape index (κ2) is 3.47. The molecule has 0 spiro atoms. The highest BCUT2D eigenvalue weighted by Gasteiger charge is 2.06. The molecule has 2 aromatic heterocycles. The fourth-order valence-electron chi connectivity index (χ4n) is 1.19. The van der Waals surface area contributed by atoms with Crippen molar-refractivity contribution in [3.8, 4) is 0 Å². The summed E-state index contributed by atoms with van der Waals surface area (Å²) >= 11 is 6.52. The van der Waals surface area contributed by atoms with E-state index in [2.05, 4.69) is 41.8 Å². The monoisotopic (exact) mass is 316 g/mol. The van der Waals surface area contributed by atoms with Crippen molar-refractivity contribution in [3.63, 3.8) is 0 Å². The number of nitrogens with zero attached hydrogens (tertiary/aromatic N) is 1. The number of aromatic nitrogens is 2. The molecular formula is C9H6Br2N2O. The minimum atomic E-state index is -0.0491. The van der Waals surface area contributed by atoms with Gasteiger partial charge in [0.05, 0.1) is 15.6 Å². The van der Waals surface area contributed by atoms with Gasteiger partial charge in [0.2, 0.25) is 5.43 Å². The Morgan fingerprint density at radius 2 is 2.07 bits per heavy atom. The van der Waals surface area contributed by atoms with Crippen LogP contribution in [0.1, 0.15) is 5.69 Å². The first-order chi connectivity index (χ1) is 6.59. The van der Waals surface area contributed by atoms with Crippen molar-refractivity contribution < 1.29 is 0 Å². The molecule has 0 unspecified atom stereocenters. The quantitative estimate of drug-likeness (QED) is 0.812. The van der Waals surface area contributed by atoms with Gasteiger partial charge >= 0.3 is 0 Å². The molecule has 0 aliphatic carbocycles. The maximum absolute atomic E-state index is 11.7. The Hall–Kier alpha value is -0.680. The standard InChI is InChI=1S/C9H6Br2N2O/c1-4-6(10)2-5-8(14)7(11)3-12-9(5)13-4/h2-3H,1H3,(H,12,13,14). The van der Waals surface area contributed by atoms with E-state index in [1.165, 1.54) is 0 Å². The number of hydrogen-bond donors (Lipinski definition) is 1. The summed E-state index contributed by atoms with van der Waals surface area (Å²) in [6.45, 7) is 1.88. The Kier molecular flexibility index (Phi) is 2.45. The number of hydrogen-bond acceptors (Lipinski definition) is 2. The number of H-pyrrole nitrogens is 1. The molecule has 0 fully saturated rings. The lowest BCUT2D eigenvalue weighted by Gasteiger charge is -2.01. The van der Waals surface area contributed by atoms with Gasteiger partial charge in [0.25, 0.3) is 0 Å². The van der Waals surface area contributed by atoms with E-state index < -0.39 is 0 Å². The summed E-state index contributed by atoms with van der Waals surface area (Å²) < 4.78 is 1.36. The van der Waals surface area contributed by atoms with Crippen molar-refractivity contribution in [2.24, 2.45) is 0 Å². The van der Waals surface area contributed by atoms with Gasteiger partial charge in [-0.2, -0.15) is 0 Å². The number of rotatable bonds is 0. The number of aryl methyl sites for hydroxylation is 1. The van der Waals surface area contributed by atoms with Crippen LogP contribution in [-0.4, -0.2) is 9.97 Å². The van der Waals surface area contributed by atoms with Crippen molar-refractivity contribution in [2.75, 3.05) is 0 Å². The zero-order valence-electron chi connectivity index (χ0n) is 7.27. The maximum Gasteiger partial charge on any atom is 0.205 e. The molecule has 3 nitrogen and oxygen atoms in total. The lowest BCUT2D eigenvalue weighted by Crippen LogP contribution is -2.05. The minimum Gasteiger partial charge on any atom is -0.345 e. The van der Waals surface area contributed by atoms with Crippen LogP contribution in [0.3, 0.4) is 0 Å². The van der Waals surface area contributed by atoms with Crippen LogP contribution in [0, 0.1) is 6.92 Å². The first kappa shape index (κ1) is 9.86. The van der Waals surface area contributed by atoms with Gasteiger partial charge < -0.3 is 4.98 Å². The van der Waals surface area contributed by atoms with E-state index in [1.54, 1.807) is 12.3 Å². The number of pyridine rings is 2. The van der Waals surface area contributed by atoms with E-state index in [9.17, 15) is 4.79 Å². The molecule has 72 valence electrons. The van der Waals surface area contributed by atoms with Crippen molar-refractivity contribution in [2.45, 2.75) is 6.92 Å². The van der Waals surface area contributed by atoms with E-state index in [-0.39, 0.29) is 5.43 Å². The van der Waals surface area contributed by atoms with Crippen molar-refractivity contribution >= 4 is 42.9 Å². The average Bonchev–Trinajstić information content (AvgIpc) is 2.15. The van der Waals surface area contributed by atoms with Crippen LogP contribution in [0.4, 0.5) is 0 Å². The van der Waals surface area contributed by atoms with Gasteiger partial charge in [0.1, 0.15) is 5.65 Å². The number of aromatic amines is 1. The molecule has 2 aromatic rings. The van der Waals surface area contributed by atoms with Crippen molar-refractivity contribution in [3.05, 3.63) is 37.1 Å². The summed E-state index contributed by atoms with van der Waals surface area (Å²) in [6.07, 6.45) is 1.60. The molecule has 0 aliphatic rings. The zero-order chi connectivity index (χ0) is 10.3. The summed E-state index contributed by atoms with van der Waals surface area (Å²) in [6, 6.07) is 1.78. The average molecular weight is 318 g/mol. The lowest BCUT2D eigenvalue weighted by molar-refractivity contribution is 1.18. The third-order valence-corrected chi connectivity index (χ3v) is 3.34. The van der Waals surface area contributed by atoms with E-state index in [4.69, 9.17) is 0 Å². The summed E-state index contributed by atoms with van der Waals surface area (Å²) in [5, 5.41) is 0.580. The zero-order valence-corrected chi connectivity index (χ0v) is 10.4. The van der Waals surface area contributed by atoms with Crippen LogP contribution in [0.2, 0.25) is 0 Å². The smallest absolute Gasteiger partial charge is 0.205 e. The molecule has 2 heterocycles. The molecule has 0 aromatic carbocycles. The lowest BCUT2D eigenvalue weighted by atomic mass is 10.2. The normalized spacial score (nSPS) is 10.8. The van der Waals surface area contributed by atoms with Crippen LogP contribution in [0.15, 0.2) is 26.0 Å². The molecule has 5 heteroatoms.